The van der Waals surface area contributed by atoms with Gasteiger partial charge in [0.25, 0.3) is 0 Å². The van der Waals surface area contributed by atoms with Crippen LogP contribution in [0, 0.1) is 11.6 Å². The zero-order chi connectivity index (χ0) is 23.2. The van der Waals surface area contributed by atoms with Crippen molar-refractivity contribution in [1.29, 1.82) is 0 Å². The number of carbonyl (C=O) groups is 1. The van der Waals surface area contributed by atoms with Gasteiger partial charge in [0, 0.05) is 19.6 Å². The third kappa shape index (κ3) is 6.00. The van der Waals surface area contributed by atoms with Gasteiger partial charge in [-0.25, -0.2) is 18.6 Å². The van der Waals surface area contributed by atoms with E-state index in [-0.39, 0.29) is 17.7 Å². The molecule has 1 aromatic heterocycles. The molecule has 0 spiro atoms. The fraction of sp³-hybridized carbons (Fsp3) is 0.308. The first-order valence-corrected chi connectivity index (χ1v) is 11.0. The number of esters is 1. The molecule has 172 valence electrons. The van der Waals surface area contributed by atoms with E-state index in [1.165, 1.54) is 24.3 Å². The number of nitrogens with zero attached hydrogens (tertiary/aromatic N) is 2. The smallest absolute Gasteiger partial charge is 0.356 e. The molecule has 4 rings (SSSR count). The van der Waals surface area contributed by atoms with Crippen LogP contribution in [0.5, 0.6) is 0 Å². The Kier molecular flexibility index (Phi) is 7.42. The van der Waals surface area contributed by atoms with Crippen LogP contribution in [-0.2, 0) is 16.0 Å². The lowest BCUT2D eigenvalue weighted by Crippen LogP contribution is -2.25. The van der Waals surface area contributed by atoms with Crippen LogP contribution in [-0.4, -0.2) is 41.7 Å². The predicted molar refractivity (Wildman–Crippen MR) is 120 cm³/mol. The van der Waals surface area contributed by atoms with Crippen molar-refractivity contribution in [3.63, 3.8) is 0 Å². The van der Waals surface area contributed by atoms with Gasteiger partial charge in [-0.05, 0) is 60.9 Å². The summed E-state index contributed by atoms with van der Waals surface area (Å²) in [5.41, 5.74) is 2.71. The molecule has 1 aliphatic rings. The Labute approximate surface area is 192 Å². The average Bonchev–Trinajstić information content (AvgIpc) is 3.26. The molecule has 0 amide bonds. The minimum absolute atomic E-state index is 0.0571. The summed E-state index contributed by atoms with van der Waals surface area (Å²) in [5.74, 6) is -1.06. The van der Waals surface area contributed by atoms with Crippen molar-refractivity contribution < 1.29 is 23.0 Å². The molecule has 0 N–H and O–H groups in total. The van der Waals surface area contributed by atoms with Crippen LogP contribution in [0.4, 0.5) is 8.78 Å². The van der Waals surface area contributed by atoms with Crippen LogP contribution in [0.3, 0.4) is 0 Å². The van der Waals surface area contributed by atoms with E-state index in [1.807, 2.05) is 6.07 Å². The minimum atomic E-state index is -0.429. The number of ether oxygens (including phenoxy) is 2. The number of hydrogen-bond acceptors (Lipinski definition) is 5. The monoisotopic (exact) mass is 452 g/mol. The third-order valence-electron chi connectivity index (χ3n) is 5.58. The van der Waals surface area contributed by atoms with Gasteiger partial charge in [0.05, 0.1) is 18.4 Å². The summed E-state index contributed by atoms with van der Waals surface area (Å²) in [5, 5.41) is 0. The number of rotatable bonds is 8. The van der Waals surface area contributed by atoms with Gasteiger partial charge in [0.1, 0.15) is 23.4 Å². The Morgan fingerprint density at radius 1 is 1.03 bits per heavy atom. The molecular weight excluding hydrogens is 426 g/mol. The lowest BCUT2D eigenvalue weighted by molar-refractivity contribution is 0.0137. The first kappa shape index (κ1) is 23.0. The fourth-order valence-electron chi connectivity index (χ4n) is 3.98. The maximum absolute atomic E-state index is 13.5. The number of pyridine rings is 1. The second kappa shape index (κ2) is 10.6. The lowest BCUT2D eigenvalue weighted by atomic mass is 10.0. The highest BCUT2D eigenvalue weighted by Gasteiger charge is 2.28. The van der Waals surface area contributed by atoms with Crippen molar-refractivity contribution in [3.05, 3.63) is 101 Å². The highest BCUT2D eigenvalue weighted by atomic mass is 19.1. The van der Waals surface area contributed by atoms with Crippen LogP contribution in [0.2, 0.25) is 0 Å². The van der Waals surface area contributed by atoms with E-state index >= 15 is 0 Å². The van der Waals surface area contributed by atoms with E-state index in [4.69, 9.17) is 9.47 Å². The molecule has 1 atom stereocenters. The quantitative estimate of drug-likeness (QED) is 0.454. The maximum atomic E-state index is 13.5. The van der Waals surface area contributed by atoms with Gasteiger partial charge >= 0.3 is 5.97 Å². The molecule has 0 bridgehead atoms. The van der Waals surface area contributed by atoms with Crippen LogP contribution in [0.15, 0.2) is 66.7 Å². The van der Waals surface area contributed by atoms with Crippen molar-refractivity contribution >= 4 is 5.97 Å². The van der Waals surface area contributed by atoms with Gasteiger partial charge in [-0.1, -0.05) is 30.3 Å². The number of benzene rings is 2. The van der Waals surface area contributed by atoms with Gasteiger partial charge in [-0.15, -0.1) is 0 Å². The number of aromatic nitrogens is 1. The summed E-state index contributed by atoms with van der Waals surface area (Å²) in [6.45, 7) is 4.15. The molecule has 33 heavy (non-hydrogen) atoms. The largest absolute Gasteiger partial charge is 0.461 e. The molecule has 7 heteroatoms. The summed E-state index contributed by atoms with van der Waals surface area (Å²) in [4.78, 5) is 18.6. The summed E-state index contributed by atoms with van der Waals surface area (Å²) in [6.07, 6.45) is 0.330. The van der Waals surface area contributed by atoms with E-state index in [0.29, 0.717) is 25.4 Å². The molecule has 1 aliphatic heterocycles. The van der Waals surface area contributed by atoms with Gasteiger partial charge in [0.2, 0.25) is 0 Å². The highest BCUT2D eigenvalue weighted by Crippen LogP contribution is 2.30. The molecule has 0 unspecified atom stereocenters. The van der Waals surface area contributed by atoms with Crippen molar-refractivity contribution in [2.45, 2.75) is 32.1 Å². The molecule has 0 saturated carbocycles. The lowest BCUT2D eigenvalue weighted by Gasteiger charge is -2.24. The number of hydrogen-bond donors (Lipinski definition) is 0. The molecule has 0 radical (unpaired) electrons. The molecule has 2 heterocycles. The molecule has 1 saturated heterocycles. The number of halogens is 2. The van der Waals surface area contributed by atoms with Gasteiger partial charge in [-0.2, -0.15) is 0 Å². The second-order valence-corrected chi connectivity index (χ2v) is 8.00. The first-order chi connectivity index (χ1) is 16.0. The Morgan fingerprint density at radius 2 is 1.67 bits per heavy atom. The molecule has 2 aromatic carbocycles. The van der Waals surface area contributed by atoms with Crippen LogP contribution >= 0.6 is 0 Å². The zero-order valence-electron chi connectivity index (χ0n) is 18.4. The normalized spacial score (nSPS) is 16.3. The van der Waals surface area contributed by atoms with Crippen LogP contribution in [0.25, 0.3) is 0 Å². The molecular formula is C26H26F2N2O3. The van der Waals surface area contributed by atoms with E-state index in [9.17, 15) is 13.6 Å². The molecule has 5 nitrogen and oxygen atoms in total. The average molecular weight is 453 g/mol. The van der Waals surface area contributed by atoms with Crippen LogP contribution < -0.4 is 0 Å². The van der Waals surface area contributed by atoms with Crippen LogP contribution in [0.1, 0.15) is 46.8 Å². The predicted octanol–water partition coefficient (Wildman–Crippen LogP) is 4.92. The van der Waals surface area contributed by atoms with Crippen molar-refractivity contribution in [1.82, 2.24) is 9.88 Å². The summed E-state index contributed by atoms with van der Waals surface area (Å²) in [6, 6.07) is 17.7. The Hall–Kier alpha value is -3.16. The Bertz CT molecular complexity index is 1030. The van der Waals surface area contributed by atoms with E-state index in [1.54, 1.807) is 43.3 Å². The zero-order valence-corrected chi connectivity index (χ0v) is 18.4. The van der Waals surface area contributed by atoms with E-state index in [0.717, 1.165) is 29.8 Å². The topological polar surface area (TPSA) is 51.7 Å². The number of carbonyl (C=O) groups excluding carboxylic acids is 1. The van der Waals surface area contributed by atoms with Crippen molar-refractivity contribution in [3.8, 4) is 0 Å². The maximum Gasteiger partial charge on any atom is 0.356 e. The number of likely N-dealkylation sites (tertiary alicyclic amines) is 1. The van der Waals surface area contributed by atoms with Gasteiger partial charge in [0.15, 0.2) is 0 Å². The van der Waals surface area contributed by atoms with E-state index in [2.05, 4.69) is 9.88 Å². The summed E-state index contributed by atoms with van der Waals surface area (Å²) in [7, 11) is 0. The standard InChI is InChI=1S/C26H26F2N2O3/c1-2-32-26(31)24-5-3-4-22(29-24)16-30-15-14-23(17-30)33-25(18-6-10-20(27)11-7-18)19-8-12-21(28)13-9-19/h3-13,23,25H,2,14-17H2,1H3/t23-/m0/s1. The Balaban J connectivity index is 1.44. The highest BCUT2D eigenvalue weighted by molar-refractivity contribution is 5.87. The van der Waals surface area contributed by atoms with Gasteiger partial charge < -0.3 is 9.47 Å². The van der Waals surface area contributed by atoms with E-state index < -0.39 is 12.1 Å². The summed E-state index contributed by atoms with van der Waals surface area (Å²) >= 11 is 0. The second-order valence-electron chi connectivity index (χ2n) is 8.00. The fourth-order valence-corrected chi connectivity index (χ4v) is 3.98. The third-order valence-corrected chi connectivity index (χ3v) is 5.58. The first-order valence-electron chi connectivity index (χ1n) is 11.0. The summed E-state index contributed by atoms with van der Waals surface area (Å²) < 4.78 is 38.4. The SMILES string of the molecule is CCOC(=O)c1cccc(CN2CC[C@H](OC(c3ccc(F)cc3)c3ccc(F)cc3)C2)n1. The molecule has 3 aromatic rings. The molecule has 1 fully saturated rings. The van der Waals surface area contributed by atoms with Gasteiger partial charge in [-0.3, -0.25) is 4.90 Å². The molecule has 0 aliphatic carbocycles. The van der Waals surface area contributed by atoms with Crippen molar-refractivity contribution in [2.75, 3.05) is 19.7 Å². The Morgan fingerprint density at radius 3 is 2.27 bits per heavy atom. The minimum Gasteiger partial charge on any atom is -0.461 e. The van der Waals surface area contributed by atoms with Crippen molar-refractivity contribution in [2.24, 2.45) is 0 Å².